The highest BCUT2D eigenvalue weighted by atomic mass is 16.5. The Morgan fingerprint density at radius 3 is 2.81 bits per heavy atom. The summed E-state index contributed by atoms with van der Waals surface area (Å²) in [4.78, 5) is 25.0. The van der Waals surface area contributed by atoms with Gasteiger partial charge in [-0.3, -0.25) is 4.79 Å². The van der Waals surface area contributed by atoms with Crippen molar-refractivity contribution in [3.63, 3.8) is 0 Å². The molecule has 0 bridgehead atoms. The molecule has 1 fully saturated rings. The predicted octanol–water partition coefficient (Wildman–Crippen LogP) is 0.279. The highest BCUT2D eigenvalue weighted by molar-refractivity contribution is 5.84. The van der Waals surface area contributed by atoms with Crippen LogP contribution < -0.4 is 5.73 Å². The molecule has 5 nitrogen and oxygen atoms in total. The second kappa shape index (κ2) is 6.48. The van der Waals surface area contributed by atoms with E-state index in [9.17, 15) is 9.59 Å². The van der Waals surface area contributed by atoms with Crippen LogP contribution in [0.1, 0.15) is 32.6 Å². The van der Waals surface area contributed by atoms with Crippen LogP contribution in [0.4, 0.5) is 0 Å². The molecule has 1 rings (SSSR count). The number of amides is 1. The average molecular weight is 228 g/mol. The lowest BCUT2D eigenvalue weighted by Crippen LogP contribution is -2.49. The van der Waals surface area contributed by atoms with Crippen LogP contribution in [0.2, 0.25) is 0 Å². The van der Waals surface area contributed by atoms with Gasteiger partial charge in [0.15, 0.2) is 0 Å². The largest absolute Gasteiger partial charge is 0.464 e. The zero-order chi connectivity index (χ0) is 12.0. The molecule has 0 aromatic carbocycles. The summed E-state index contributed by atoms with van der Waals surface area (Å²) in [6.45, 7) is 3.09. The minimum absolute atomic E-state index is 0.0414. The van der Waals surface area contributed by atoms with Gasteiger partial charge in [-0.05, 0) is 26.2 Å². The molecule has 5 heteroatoms. The molecule has 1 heterocycles. The molecule has 16 heavy (non-hydrogen) atoms. The molecule has 0 saturated carbocycles. The fourth-order valence-electron chi connectivity index (χ4n) is 1.98. The zero-order valence-corrected chi connectivity index (χ0v) is 9.78. The van der Waals surface area contributed by atoms with Gasteiger partial charge in [0.1, 0.15) is 6.04 Å². The van der Waals surface area contributed by atoms with E-state index in [1.165, 1.54) is 0 Å². The summed E-state index contributed by atoms with van der Waals surface area (Å²) in [5, 5.41) is 0. The maximum atomic E-state index is 11.8. The Labute approximate surface area is 95.9 Å². The van der Waals surface area contributed by atoms with Gasteiger partial charge in [-0.2, -0.15) is 0 Å². The van der Waals surface area contributed by atoms with Crippen molar-refractivity contribution in [1.82, 2.24) is 4.90 Å². The third-order valence-electron chi connectivity index (χ3n) is 2.74. The fourth-order valence-corrected chi connectivity index (χ4v) is 1.98. The van der Waals surface area contributed by atoms with Crippen molar-refractivity contribution in [2.75, 3.05) is 19.7 Å². The van der Waals surface area contributed by atoms with E-state index >= 15 is 0 Å². The number of nitrogens with zero attached hydrogens (tertiary/aromatic N) is 1. The molecular formula is C11H20N2O3. The van der Waals surface area contributed by atoms with Crippen LogP contribution in [0.25, 0.3) is 0 Å². The average Bonchev–Trinajstić information content (AvgIpc) is 2.30. The van der Waals surface area contributed by atoms with E-state index in [0.29, 0.717) is 32.5 Å². The third-order valence-corrected chi connectivity index (χ3v) is 2.74. The van der Waals surface area contributed by atoms with Gasteiger partial charge in [-0.25, -0.2) is 4.79 Å². The third kappa shape index (κ3) is 3.20. The SMILES string of the molecule is CCOC(=O)C1CCCCN1C(=O)CCN. The topological polar surface area (TPSA) is 72.6 Å². The highest BCUT2D eigenvalue weighted by Gasteiger charge is 2.32. The number of nitrogens with two attached hydrogens (primary N) is 1. The van der Waals surface area contributed by atoms with Crippen molar-refractivity contribution in [3.8, 4) is 0 Å². The minimum Gasteiger partial charge on any atom is -0.464 e. The molecule has 1 aliphatic rings. The van der Waals surface area contributed by atoms with E-state index < -0.39 is 6.04 Å². The van der Waals surface area contributed by atoms with Crippen LogP contribution >= 0.6 is 0 Å². The van der Waals surface area contributed by atoms with Crippen LogP contribution in [-0.2, 0) is 14.3 Å². The molecule has 1 atom stereocenters. The standard InChI is InChI=1S/C11H20N2O3/c1-2-16-11(15)9-5-3-4-8-13(9)10(14)6-7-12/h9H,2-8,12H2,1H3. The normalized spacial score (nSPS) is 20.6. The molecule has 2 N–H and O–H groups in total. The van der Waals surface area contributed by atoms with Crippen molar-refractivity contribution in [1.29, 1.82) is 0 Å². The number of carbonyl (C=O) groups excluding carboxylic acids is 2. The second-order valence-electron chi connectivity index (χ2n) is 3.89. The minimum atomic E-state index is -0.396. The number of carbonyl (C=O) groups is 2. The molecule has 0 aliphatic carbocycles. The van der Waals surface area contributed by atoms with Crippen LogP contribution in [0.15, 0.2) is 0 Å². The molecule has 92 valence electrons. The van der Waals surface area contributed by atoms with Gasteiger partial charge in [0.05, 0.1) is 6.61 Å². The second-order valence-corrected chi connectivity index (χ2v) is 3.89. The summed E-state index contributed by atoms with van der Waals surface area (Å²) in [6, 6.07) is -0.396. The Bertz CT molecular complexity index is 230. The number of likely N-dealkylation sites (tertiary alicyclic amines) is 1. The maximum absolute atomic E-state index is 11.8. The first-order chi connectivity index (χ1) is 7.70. The Hall–Kier alpha value is -1.10. The molecule has 1 unspecified atom stereocenters. The number of ether oxygens (including phenoxy) is 1. The molecule has 0 aromatic rings. The molecule has 1 amide bonds. The van der Waals surface area contributed by atoms with Crippen molar-refractivity contribution in [2.45, 2.75) is 38.6 Å². The van der Waals surface area contributed by atoms with E-state index in [1.807, 2.05) is 0 Å². The van der Waals surface area contributed by atoms with Crippen molar-refractivity contribution in [2.24, 2.45) is 5.73 Å². The van der Waals surface area contributed by atoms with Gasteiger partial charge in [0.2, 0.25) is 5.91 Å². The van der Waals surface area contributed by atoms with Crippen molar-refractivity contribution >= 4 is 11.9 Å². The number of hydrogen-bond donors (Lipinski definition) is 1. The van der Waals surface area contributed by atoms with Gasteiger partial charge in [-0.1, -0.05) is 0 Å². The van der Waals surface area contributed by atoms with E-state index in [0.717, 1.165) is 12.8 Å². The maximum Gasteiger partial charge on any atom is 0.328 e. The summed E-state index contributed by atoms with van der Waals surface area (Å²) in [6.07, 6.45) is 2.92. The number of esters is 1. The van der Waals surface area contributed by atoms with Gasteiger partial charge < -0.3 is 15.4 Å². The van der Waals surface area contributed by atoms with Crippen molar-refractivity contribution < 1.29 is 14.3 Å². The Kier molecular flexibility index (Phi) is 5.25. The summed E-state index contributed by atoms with van der Waals surface area (Å²) in [7, 11) is 0. The quantitative estimate of drug-likeness (QED) is 0.701. The lowest BCUT2D eigenvalue weighted by Gasteiger charge is -2.34. The Balaban J connectivity index is 2.63. The van der Waals surface area contributed by atoms with Crippen molar-refractivity contribution in [3.05, 3.63) is 0 Å². The molecule has 1 aliphatic heterocycles. The lowest BCUT2D eigenvalue weighted by molar-refractivity contribution is -0.156. The summed E-state index contributed by atoms with van der Waals surface area (Å²) in [5.41, 5.74) is 5.35. The monoisotopic (exact) mass is 228 g/mol. The van der Waals surface area contributed by atoms with Gasteiger partial charge in [-0.15, -0.1) is 0 Å². The fraction of sp³-hybridized carbons (Fsp3) is 0.818. The van der Waals surface area contributed by atoms with Gasteiger partial charge in [0.25, 0.3) is 0 Å². The first-order valence-corrected chi connectivity index (χ1v) is 5.86. The summed E-state index contributed by atoms with van der Waals surface area (Å²) < 4.78 is 4.98. The molecule has 1 saturated heterocycles. The van der Waals surface area contributed by atoms with Crippen LogP contribution in [-0.4, -0.2) is 42.5 Å². The van der Waals surface area contributed by atoms with Crippen LogP contribution in [0, 0.1) is 0 Å². The number of rotatable bonds is 4. The van der Waals surface area contributed by atoms with E-state index in [2.05, 4.69) is 0 Å². The van der Waals surface area contributed by atoms with E-state index in [-0.39, 0.29) is 11.9 Å². The Morgan fingerprint density at radius 2 is 2.19 bits per heavy atom. The van der Waals surface area contributed by atoms with Crippen LogP contribution in [0.3, 0.4) is 0 Å². The smallest absolute Gasteiger partial charge is 0.328 e. The van der Waals surface area contributed by atoms with Crippen LogP contribution in [0.5, 0.6) is 0 Å². The first-order valence-electron chi connectivity index (χ1n) is 5.86. The number of hydrogen-bond acceptors (Lipinski definition) is 4. The molecule has 0 radical (unpaired) electrons. The molecular weight excluding hydrogens is 208 g/mol. The zero-order valence-electron chi connectivity index (χ0n) is 9.78. The van der Waals surface area contributed by atoms with E-state index in [1.54, 1.807) is 11.8 Å². The first kappa shape index (κ1) is 13.0. The van der Waals surface area contributed by atoms with E-state index in [4.69, 9.17) is 10.5 Å². The van der Waals surface area contributed by atoms with Gasteiger partial charge in [0, 0.05) is 19.5 Å². The Morgan fingerprint density at radius 1 is 1.44 bits per heavy atom. The summed E-state index contributed by atoms with van der Waals surface area (Å²) in [5.74, 6) is -0.326. The lowest BCUT2D eigenvalue weighted by atomic mass is 10.0. The molecule has 0 spiro atoms. The molecule has 0 aromatic heterocycles. The van der Waals surface area contributed by atoms with Gasteiger partial charge >= 0.3 is 5.97 Å². The summed E-state index contributed by atoms with van der Waals surface area (Å²) >= 11 is 0. The highest BCUT2D eigenvalue weighted by Crippen LogP contribution is 2.19. The predicted molar refractivity (Wildman–Crippen MR) is 59.7 cm³/mol. The number of piperidine rings is 1.